The third kappa shape index (κ3) is 3.44. The molecule has 0 bridgehead atoms. The Morgan fingerprint density at radius 2 is 1.75 bits per heavy atom. The average molecular weight is 244 g/mol. The molecule has 1 unspecified atom stereocenters. The van der Waals surface area contributed by atoms with Gasteiger partial charge < -0.3 is 11.1 Å². The number of nitrogens with one attached hydrogen (secondary N) is 1. The van der Waals surface area contributed by atoms with Crippen LogP contribution in [0.4, 0.5) is 0 Å². The maximum absolute atomic E-state index is 12.0. The van der Waals surface area contributed by atoms with E-state index in [4.69, 9.17) is 18.0 Å². The van der Waals surface area contributed by atoms with Gasteiger partial charge in [0.2, 0.25) is 5.91 Å². The molecule has 0 fully saturated rings. The zero-order valence-electron chi connectivity index (χ0n) is 11.0. The van der Waals surface area contributed by atoms with Crippen LogP contribution in [0.3, 0.4) is 0 Å². The van der Waals surface area contributed by atoms with Crippen LogP contribution in [-0.2, 0) is 4.79 Å². The van der Waals surface area contributed by atoms with Gasteiger partial charge in [-0.2, -0.15) is 0 Å². The summed E-state index contributed by atoms with van der Waals surface area (Å²) in [4.78, 5) is 12.4. The van der Waals surface area contributed by atoms with E-state index in [0.29, 0.717) is 10.9 Å². The average Bonchev–Trinajstić information content (AvgIpc) is 2.23. The highest BCUT2D eigenvalue weighted by Gasteiger charge is 2.33. The summed E-state index contributed by atoms with van der Waals surface area (Å²) in [5.74, 6) is 0.330. The van der Waals surface area contributed by atoms with Crippen molar-refractivity contribution in [2.75, 3.05) is 0 Å². The molecule has 3 nitrogen and oxygen atoms in total. The van der Waals surface area contributed by atoms with Gasteiger partial charge in [-0.05, 0) is 18.8 Å². The maximum Gasteiger partial charge on any atom is 0.223 e. The monoisotopic (exact) mass is 244 g/mol. The van der Waals surface area contributed by atoms with Crippen LogP contribution in [0, 0.1) is 11.8 Å². The zero-order chi connectivity index (χ0) is 12.9. The highest BCUT2D eigenvalue weighted by atomic mass is 32.1. The molecule has 0 saturated carbocycles. The summed E-state index contributed by atoms with van der Waals surface area (Å²) in [7, 11) is 0. The first-order chi connectivity index (χ1) is 7.30. The molecule has 0 aromatic heterocycles. The lowest BCUT2D eigenvalue weighted by Crippen LogP contribution is -2.57. The third-order valence-corrected chi connectivity index (χ3v) is 3.85. The van der Waals surface area contributed by atoms with Gasteiger partial charge in [-0.3, -0.25) is 4.79 Å². The third-order valence-electron chi connectivity index (χ3n) is 3.45. The van der Waals surface area contributed by atoms with Crippen molar-refractivity contribution in [2.45, 2.75) is 53.0 Å². The summed E-state index contributed by atoms with van der Waals surface area (Å²) < 4.78 is 0. The number of thiocarbonyl (C=S) groups is 1. The molecule has 0 aliphatic rings. The van der Waals surface area contributed by atoms with Crippen LogP contribution in [-0.4, -0.2) is 16.4 Å². The molecular weight excluding hydrogens is 220 g/mol. The predicted octanol–water partition coefficient (Wildman–Crippen LogP) is 2.24. The largest absolute Gasteiger partial charge is 0.391 e. The molecule has 16 heavy (non-hydrogen) atoms. The molecule has 0 aliphatic carbocycles. The predicted molar refractivity (Wildman–Crippen MR) is 72.2 cm³/mol. The van der Waals surface area contributed by atoms with Crippen molar-refractivity contribution in [2.24, 2.45) is 17.6 Å². The molecule has 0 aromatic carbocycles. The Hall–Kier alpha value is -0.640. The Morgan fingerprint density at radius 1 is 1.31 bits per heavy atom. The van der Waals surface area contributed by atoms with Crippen LogP contribution in [0.25, 0.3) is 0 Å². The lowest BCUT2D eigenvalue weighted by Gasteiger charge is -2.33. The van der Waals surface area contributed by atoms with Crippen LogP contribution in [0.1, 0.15) is 47.5 Å². The Balaban J connectivity index is 4.77. The van der Waals surface area contributed by atoms with Crippen LogP contribution >= 0.6 is 12.2 Å². The molecule has 4 heteroatoms. The lowest BCUT2D eigenvalue weighted by atomic mass is 9.90. The summed E-state index contributed by atoms with van der Waals surface area (Å²) in [6.45, 7) is 9.97. The Bertz CT molecular complexity index is 260. The topological polar surface area (TPSA) is 55.1 Å². The second-order valence-electron chi connectivity index (χ2n) is 4.68. The molecule has 0 spiro atoms. The van der Waals surface area contributed by atoms with Crippen molar-refractivity contribution in [3.8, 4) is 0 Å². The Morgan fingerprint density at radius 3 is 2.00 bits per heavy atom. The van der Waals surface area contributed by atoms with E-state index in [9.17, 15) is 4.79 Å². The van der Waals surface area contributed by atoms with Crippen molar-refractivity contribution in [3.63, 3.8) is 0 Å². The number of nitrogens with two attached hydrogens (primary N) is 1. The van der Waals surface area contributed by atoms with Crippen molar-refractivity contribution in [3.05, 3.63) is 0 Å². The number of carbonyl (C=O) groups excluding carboxylic acids is 1. The quantitative estimate of drug-likeness (QED) is 0.705. The minimum Gasteiger partial charge on any atom is -0.391 e. The minimum absolute atomic E-state index is 0.0215. The number of carbonyl (C=O) groups is 1. The van der Waals surface area contributed by atoms with Crippen molar-refractivity contribution < 1.29 is 4.79 Å². The molecule has 1 atom stereocenters. The fourth-order valence-corrected chi connectivity index (χ4v) is 1.83. The van der Waals surface area contributed by atoms with E-state index in [1.54, 1.807) is 0 Å². The maximum atomic E-state index is 12.0. The van der Waals surface area contributed by atoms with Gasteiger partial charge >= 0.3 is 0 Å². The Labute approximate surface area is 104 Å². The van der Waals surface area contributed by atoms with E-state index in [1.807, 2.05) is 34.6 Å². The van der Waals surface area contributed by atoms with Crippen molar-refractivity contribution in [1.82, 2.24) is 5.32 Å². The normalized spacial score (nSPS) is 13.6. The van der Waals surface area contributed by atoms with E-state index in [2.05, 4.69) is 5.32 Å². The fourth-order valence-electron chi connectivity index (χ4n) is 1.49. The smallest absolute Gasteiger partial charge is 0.223 e. The highest BCUT2D eigenvalue weighted by molar-refractivity contribution is 7.80. The van der Waals surface area contributed by atoms with Crippen LogP contribution in [0.15, 0.2) is 0 Å². The fraction of sp³-hybridized carbons (Fsp3) is 0.833. The first-order valence-corrected chi connectivity index (χ1v) is 6.33. The van der Waals surface area contributed by atoms with Gasteiger partial charge in [0.05, 0.1) is 10.5 Å². The summed E-state index contributed by atoms with van der Waals surface area (Å²) in [6.07, 6.45) is 1.46. The van der Waals surface area contributed by atoms with Gasteiger partial charge in [-0.25, -0.2) is 0 Å². The number of hydrogen-bond donors (Lipinski definition) is 2. The molecule has 94 valence electrons. The Kier molecular flexibility index (Phi) is 5.94. The van der Waals surface area contributed by atoms with E-state index >= 15 is 0 Å². The minimum atomic E-state index is -0.518. The second kappa shape index (κ2) is 6.18. The number of rotatable bonds is 6. The summed E-state index contributed by atoms with van der Waals surface area (Å²) in [5.41, 5.74) is 5.22. The number of hydrogen-bond acceptors (Lipinski definition) is 2. The van der Waals surface area contributed by atoms with Gasteiger partial charge in [0, 0.05) is 5.92 Å². The standard InChI is InChI=1S/C12H24N2OS/c1-6-12(7-2,11(13)16)14-10(15)9(5)8(3)4/h8-9H,6-7H2,1-5H3,(H2,13,16)(H,14,15). The molecular formula is C12H24N2OS. The van der Waals surface area contributed by atoms with Crippen molar-refractivity contribution in [1.29, 1.82) is 0 Å². The molecule has 1 amide bonds. The first kappa shape index (κ1) is 15.4. The summed E-state index contributed by atoms with van der Waals surface area (Å²) in [6, 6.07) is 0. The molecule has 0 aromatic rings. The van der Waals surface area contributed by atoms with Crippen LogP contribution < -0.4 is 11.1 Å². The molecule has 0 aliphatic heterocycles. The molecule has 0 saturated heterocycles. The van der Waals surface area contributed by atoms with E-state index in [0.717, 1.165) is 12.8 Å². The summed E-state index contributed by atoms with van der Waals surface area (Å²) in [5, 5.41) is 3.01. The van der Waals surface area contributed by atoms with Gasteiger partial charge in [-0.15, -0.1) is 0 Å². The molecule has 0 radical (unpaired) electrons. The van der Waals surface area contributed by atoms with Gasteiger partial charge in [-0.1, -0.05) is 46.8 Å². The second-order valence-corrected chi connectivity index (χ2v) is 5.12. The summed E-state index contributed by atoms with van der Waals surface area (Å²) >= 11 is 5.06. The van der Waals surface area contributed by atoms with E-state index in [1.165, 1.54) is 0 Å². The molecule has 0 heterocycles. The highest BCUT2D eigenvalue weighted by Crippen LogP contribution is 2.18. The van der Waals surface area contributed by atoms with E-state index < -0.39 is 5.54 Å². The molecule has 3 N–H and O–H groups in total. The SMILES string of the molecule is CCC(CC)(NC(=O)C(C)C(C)C)C(N)=S. The lowest BCUT2D eigenvalue weighted by molar-refractivity contribution is -0.127. The van der Waals surface area contributed by atoms with Gasteiger partial charge in [0.25, 0.3) is 0 Å². The van der Waals surface area contributed by atoms with Crippen molar-refractivity contribution >= 4 is 23.1 Å². The zero-order valence-corrected chi connectivity index (χ0v) is 11.8. The first-order valence-electron chi connectivity index (χ1n) is 5.92. The van der Waals surface area contributed by atoms with Crippen LogP contribution in [0.5, 0.6) is 0 Å². The number of amides is 1. The molecule has 0 rings (SSSR count). The van der Waals surface area contributed by atoms with E-state index in [-0.39, 0.29) is 11.8 Å². The van der Waals surface area contributed by atoms with Crippen LogP contribution in [0.2, 0.25) is 0 Å². The van der Waals surface area contributed by atoms with Gasteiger partial charge in [0.15, 0.2) is 0 Å². The van der Waals surface area contributed by atoms with Gasteiger partial charge in [0.1, 0.15) is 0 Å².